The lowest BCUT2D eigenvalue weighted by molar-refractivity contribution is -0.188. The molecule has 0 radical (unpaired) electrons. The molecule has 0 aliphatic carbocycles. The molecule has 0 saturated carbocycles. The molecule has 0 aromatic rings. The second-order valence-electron chi connectivity index (χ2n) is 4.05. The predicted octanol–water partition coefficient (Wildman–Crippen LogP) is 1.46. The molecule has 1 unspecified atom stereocenters. The van der Waals surface area contributed by atoms with Crippen LogP contribution in [0.1, 0.15) is 33.6 Å². The van der Waals surface area contributed by atoms with Crippen LogP contribution in [0.5, 0.6) is 0 Å². The van der Waals surface area contributed by atoms with E-state index in [-0.39, 0.29) is 24.5 Å². The van der Waals surface area contributed by atoms with Gasteiger partial charge >= 0.3 is 0 Å². The Kier molecular flexibility index (Phi) is 2.94. The minimum Gasteiger partial charge on any atom is -0.386 e. The predicted molar refractivity (Wildman–Crippen MR) is 49.0 cm³/mol. The molecule has 0 bridgehead atoms. The Bertz CT molecular complexity index is 209. The summed E-state index contributed by atoms with van der Waals surface area (Å²) in [6.45, 7) is 5.81. The molecule has 0 aromatic carbocycles. The lowest BCUT2D eigenvalue weighted by atomic mass is 9.77. The van der Waals surface area contributed by atoms with E-state index in [0.29, 0.717) is 0 Å². The number of ether oxygens (including phenoxy) is 1. The first-order chi connectivity index (χ1) is 6.00. The average Bonchev–Trinajstić information content (AvgIpc) is 2.01. The van der Waals surface area contributed by atoms with E-state index >= 15 is 0 Å². The van der Waals surface area contributed by atoms with Crippen LogP contribution >= 0.6 is 0 Å². The number of hydrogen-bond donors (Lipinski definition) is 1. The first kappa shape index (κ1) is 10.5. The van der Waals surface area contributed by atoms with Gasteiger partial charge in [0.1, 0.15) is 5.60 Å². The van der Waals surface area contributed by atoms with Gasteiger partial charge in [-0.3, -0.25) is 0 Å². The molecule has 1 rings (SSSR count). The van der Waals surface area contributed by atoms with Gasteiger partial charge in [-0.2, -0.15) is 5.26 Å². The third kappa shape index (κ3) is 1.84. The molecule has 1 heterocycles. The van der Waals surface area contributed by atoms with Crippen molar-refractivity contribution >= 4 is 0 Å². The number of nitriles is 1. The van der Waals surface area contributed by atoms with Gasteiger partial charge in [0.2, 0.25) is 0 Å². The van der Waals surface area contributed by atoms with Crippen molar-refractivity contribution < 1.29 is 9.84 Å². The normalized spacial score (nSPS) is 45.6. The summed E-state index contributed by atoms with van der Waals surface area (Å²) < 4.78 is 5.52. The van der Waals surface area contributed by atoms with Crippen molar-refractivity contribution in [2.24, 2.45) is 5.92 Å². The molecule has 3 heteroatoms. The Morgan fingerprint density at radius 3 is 2.62 bits per heavy atom. The molecule has 0 amide bonds. The van der Waals surface area contributed by atoms with Gasteiger partial charge in [0.05, 0.1) is 24.7 Å². The summed E-state index contributed by atoms with van der Waals surface area (Å²) in [7, 11) is 0. The summed E-state index contributed by atoms with van der Waals surface area (Å²) in [5.41, 5.74) is -0.957. The number of rotatable bonds is 1. The summed E-state index contributed by atoms with van der Waals surface area (Å²) in [4.78, 5) is 0. The molecule has 1 aliphatic rings. The van der Waals surface area contributed by atoms with Crippen LogP contribution in [-0.4, -0.2) is 22.9 Å². The molecule has 4 atom stereocenters. The topological polar surface area (TPSA) is 53.2 Å². The molecule has 74 valence electrons. The number of nitrogens with zero attached hydrogens (tertiary/aromatic N) is 1. The van der Waals surface area contributed by atoms with Gasteiger partial charge in [0, 0.05) is 0 Å². The Labute approximate surface area is 79.3 Å². The summed E-state index contributed by atoms with van der Waals surface area (Å²) in [5, 5.41) is 18.8. The molecular weight excluding hydrogens is 166 g/mol. The summed E-state index contributed by atoms with van der Waals surface area (Å²) in [5.74, 6) is 0.130. The third-order valence-electron chi connectivity index (χ3n) is 3.04. The van der Waals surface area contributed by atoms with E-state index in [1.54, 1.807) is 0 Å². The van der Waals surface area contributed by atoms with Gasteiger partial charge < -0.3 is 9.84 Å². The van der Waals surface area contributed by atoms with E-state index in [1.807, 2.05) is 26.8 Å². The van der Waals surface area contributed by atoms with E-state index in [1.165, 1.54) is 0 Å². The highest BCUT2D eigenvalue weighted by molar-refractivity contribution is 4.99. The van der Waals surface area contributed by atoms with Crippen molar-refractivity contribution in [3.05, 3.63) is 0 Å². The van der Waals surface area contributed by atoms with Crippen molar-refractivity contribution in [1.82, 2.24) is 0 Å². The van der Waals surface area contributed by atoms with Crippen LogP contribution in [-0.2, 0) is 4.74 Å². The van der Waals surface area contributed by atoms with E-state index in [9.17, 15) is 5.11 Å². The van der Waals surface area contributed by atoms with Crippen LogP contribution in [0.15, 0.2) is 0 Å². The maximum atomic E-state index is 10.2. The highest BCUT2D eigenvalue weighted by atomic mass is 16.5. The fraction of sp³-hybridized carbons (Fsp3) is 0.900. The van der Waals surface area contributed by atoms with Gasteiger partial charge in [0.15, 0.2) is 0 Å². The van der Waals surface area contributed by atoms with Crippen LogP contribution in [0, 0.1) is 17.2 Å². The van der Waals surface area contributed by atoms with Crippen molar-refractivity contribution in [3.8, 4) is 6.07 Å². The van der Waals surface area contributed by atoms with E-state index in [4.69, 9.17) is 10.00 Å². The summed E-state index contributed by atoms with van der Waals surface area (Å²) >= 11 is 0. The standard InChI is InChI=1S/C10H17NO2/c1-7-6-8(2)13-9(3)10(7,12)4-5-11/h7-9,12H,4,6H2,1-3H3/t7?,8-,9-,10+/m0/s1. The quantitative estimate of drug-likeness (QED) is 0.669. The van der Waals surface area contributed by atoms with Gasteiger partial charge in [-0.25, -0.2) is 0 Å². The van der Waals surface area contributed by atoms with Gasteiger partial charge in [-0.15, -0.1) is 0 Å². The highest BCUT2D eigenvalue weighted by Crippen LogP contribution is 2.36. The smallest absolute Gasteiger partial charge is 0.106 e. The van der Waals surface area contributed by atoms with Crippen LogP contribution in [0.25, 0.3) is 0 Å². The van der Waals surface area contributed by atoms with Crippen LogP contribution in [0.3, 0.4) is 0 Å². The zero-order chi connectivity index (χ0) is 10.1. The van der Waals surface area contributed by atoms with Crippen molar-refractivity contribution in [2.45, 2.75) is 51.4 Å². The lowest BCUT2D eigenvalue weighted by Gasteiger charge is -2.44. The fourth-order valence-corrected chi connectivity index (χ4v) is 2.07. The highest BCUT2D eigenvalue weighted by Gasteiger charge is 2.44. The first-order valence-corrected chi connectivity index (χ1v) is 4.75. The van der Waals surface area contributed by atoms with Gasteiger partial charge in [-0.1, -0.05) is 6.92 Å². The average molecular weight is 183 g/mol. The van der Waals surface area contributed by atoms with Crippen molar-refractivity contribution in [2.75, 3.05) is 0 Å². The lowest BCUT2D eigenvalue weighted by Crippen LogP contribution is -2.53. The zero-order valence-corrected chi connectivity index (χ0v) is 8.45. The number of aliphatic hydroxyl groups is 1. The minimum atomic E-state index is -0.957. The molecule has 0 spiro atoms. The molecule has 13 heavy (non-hydrogen) atoms. The maximum absolute atomic E-state index is 10.2. The molecule has 1 saturated heterocycles. The Morgan fingerprint density at radius 1 is 1.54 bits per heavy atom. The first-order valence-electron chi connectivity index (χ1n) is 4.75. The second-order valence-corrected chi connectivity index (χ2v) is 4.05. The molecule has 3 nitrogen and oxygen atoms in total. The summed E-state index contributed by atoms with van der Waals surface area (Å²) in [6, 6.07) is 2.02. The fourth-order valence-electron chi connectivity index (χ4n) is 2.07. The van der Waals surface area contributed by atoms with Crippen LogP contribution < -0.4 is 0 Å². The Balaban J connectivity index is 2.77. The molecular formula is C10H17NO2. The maximum Gasteiger partial charge on any atom is 0.106 e. The van der Waals surface area contributed by atoms with Crippen LogP contribution in [0.4, 0.5) is 0 Å². The van der Waals surface area contributed by atoms with Crippen LogP contribution in [0.2, 0.25) is 0 Å². The van der Waals surface area contributed by atoms with E-state index in [0.717, 1.165) is 6.42 Å². The van der Waals surface area contributed by atoms with E-state index < -0.39 is 5.60 Å². The third-order valence-corrected chi connectivity index (χ3v) is 3.04. The summed E-state index contributed by atoms with van der Waals surface area (Å²) in [6.07, 6.45) is 0.916. The zero-order valence-electron chi connectivity index (χ0n) is 8.45. The number of hydrogen-bond acceptors (Lipinski definition) is 3. The largest absolute Gasteiger partial charge is 0.386 e. The Morgan fingerprint density at radius 2 is 2.15 bits per heavy atom. The van der Waals surface area contributed by atoms with Gasteiger partial charge in [-0.05, 0) is 26.2 Å². The molecule has 1 N–H and O–H groups in total. The molecule has 1 fully saturated rings. The van der Waals surface area contributed by atoms with Gasteiger partial charge in [0.25, 0.3) is 0 Å². The molecule has 0 aromatic heterocycles. The van der Waals surface area contributed by atoms with Crippen molar-refractivity contribution in [1.29, 1.82) is 5.26 Å². The SMILES string of the molecule is CC1C[C@H](C)O[C@@H](C)[C@@]1(O)CC#N. The molecule has 1 aliphatic heterocycles. The van der Waals surface area contributed by atoms with Crippen molar-refractivity contribution in [3.63, 3.8) is 0 Å². The minimum absolute atomic E-state index is 0.130. The monoisotopic (exact) mass is 183 g/mol. The second kappa shape index (κ2) is 3.65. The Hall–Kier alpha value is -0.590. The van der Waals surface area contributed by atoms with E-state index in [2.05, 4.69) is 0 Å².